The van der Waals surface area contributed by atoms with Gasteiger partial charge in [-0.05, 0) is 26.2 Å². The van der Waals surface area contributed by atoms with E-state index in [-0.39, 0.29) is 17.5 Å². The van der Waals surface area contributed by atoms with E-state index >= 15 is 0 Å². The molecule has 1 heterocycles. The highest BCUT2D eigenvalue weighted by Crippen LogP contribution is 2.53. The van der Waals surface area contributed by atoms with Gasteiger partial charge in [-0.3, -0.25) is 4.68 Å². The lowest BCUT2D eigenvalue weighted by molar-refractivity contribution is -0.147. The molecule has 2 amide bonds. The maximum absolute atomic E-state index is 12.6. The summed E-state index contributed by atoms with van der Waals surface area (Å²) >= 11 is 0. The van der Waals surface area contributed by atoms with Crippen LogP contribution in [0.1, 0.15) is 51.3 Å². The third-order valence-electron chi connectivity index (χ3n) is 5.77. The smallest absolute Gasteiger partial charge is 0.317 e. The number of urea groups is 1. The van der Waals surface area contributed by atoms with Gasteiger partial charge < -0.3 is 15.0 Å². The lowest BCUT2D eigenvalue weighted by Gasteiger charge is -2.57. The Bertz CT molecular complexity index is 567. The number of nitrogens with zero attached hydrogens (tertiary/aromatic N) is 4. The summed E-state index contributed by atoms with van der Waals surface area (Å²) in [7, 11) is 3.64. The Morgan fingerprint density at radius 1 is 1.46 bits per heavy atom. The Hall–Kier alpha value is -1.63. The predicted molar refractivity (Wildman–Crippen MR) is 90.3 cm³/mol. The molecule has 2 saturated carbocycles. The maximum atomic E-state index is 12.6. The molecule has 1 aromatic rings. The SMILES string of the molecule is CCO[C@@H]1C[C@@H](NC(=O)N(C)Cc2ncnn2C)C12CCCCC2. The average molecular weight is 335 g/mol. The van der Waals surface area contributed by atoms with E-state index in [0.717, 1.165) is 31.7 Å². The van der Waals surface area contributed by atoms with Crippen LogP contribution in [0.15, 0.2) is 6.33 Å². The Labute approximate surface area is 143 Å². The quantitative estimate of drug-likeness (QED) is 0.894. The molecule has 2 aliphatic carbocycles. The van der Waals surface area contributed by atoms with Gasteiger partial charge in [-0.1, -0.05) is 19.3 Å². The number of ether oxygens (including phenoxy) is 1. The molecule has 2 aliphatic rings. The first kappa shape index (κ1) is 17.2. The van der Waals surface area contributed by atoms with E-state index in [0.29, 0.717) is 12.6 Å². The highest BCUT2D eigenvalue weighted by molar-refractivity contribution is 5.74. The highest BCUT2D eigenvalue weighted by atomic mass is 16.5. The zero-order valence-corrected chi connectivity index (χ0v) is 15.0. The zero-order chi connectivity index (χ0) is 17.2. The first-order valence-corrected chi connectivity index (χ1v) is 9.03. The molecule has 1 spiro atoms. The molecule has 0 aliphatic heterocycles. The zero-order valence-electron chi connectivity index (χ0n) is 15.0. The van der Waals surface area contributed by atoms with Crippen molar-refractivity contribution in [2.24, 2.45) is 12.5 Å². The fraction of sp³-hybridized carbons (Fsp3) is 0.824. The molecule has 2 fully saturated rings. The molecular weight excluding hydrogens is 306 g/mol. The van der Waals surface area contributed by atoms with E-state index in [9.17, 15) is 4.79 Å². The second-order valence-corrected chi connectivity index (χ2v) is 7.13. The fourth-order valence-electron chi connectivity index (χ4n) is 4.27. The van der Waals surface area contributed by atoms with Crippen molar-refractivity contribution in [3.05, 3.63) is 12.2 Å². The minimum atomic E-state index is -0.0390. The van der Waals surface area contributed by atoms with E-state index in [4.69, 9.17) is 4.74 Å². The molecule has 7 heteroatoms. The molecule has 134 valence electrons. The van der Waals surface area contributed by atoms with Crippen molar-refractivity contribution in [1.29, 1.82) is 0 Å². The minimum Gasteiger partial charge on any atom is -0.378 e. The van der Waals surface area contributed by atoms with Crippen LogP contribution in [0.4, 0.5) is 4.79 Å². The van der Waals surface area contributed by atoms with Crippen molar-refractivity contribution in [3.63, 3.8) is 0 Å². The summed E-state index contributed by atoms with van der Waals surface area (Å²) in [5, 5.41) is 7.29. The number of aryl methyl sites for hydroxylation is 1. The van der Waals surface area contributed by atoms with Crippen molar-refractivity contribution in [2.45, 2.75) is 64.1 Å². The van der Waals surface area contributed by atoms with Crippen molar-refractivity contribution >= 4 is 6.03 Å². The number of amides is 2. The summed E-state index contributed by atoms with van der Waals surface area (Å²) in [6.07, 6.45) is 8.85. The van der Waals surface area contributed by atoms with Crippen molar-refractivity contribution in [2.75, 3.05) is 13.7 Å². The molecule has 24 heavy (non-hydrogen) atoms. The van der Waals surface area contributed by atoms with Gasteiger partial charge in [0.25, 0.3) is 0 Å². The Morgan fingerprint density at radius 2 is 2.21 bits per heavy atom. The summed E-state index contributed by atoms with van der Waals surface area (Å²) in [5.74, 6) is 0.779. The number of hydrogen-bond acceptors (Lipinski definition) is 4. The number of carbonyl (C=O) groups is 1. The third-order valence-corrected chi connectivity index (χ3v) is 5.77. The average Bonchev–Trinajstić information content (AvgIpc) is 2.99. The van der Waals surface area contributed by atoms with Crippen LogP contribution in [-0.2, 0) is 18.3 Å². The van der Waals surface area contributed by atoms with Gasteiger partial charge in [-0.2, -0.15) is 5.10 Å². The van der Waals surface area contributed by atoms with Crippen LogP contribution in [0, 0.1) is 5.41 Å². The fourth-order valence-corrected chi connectivity index (χ4v) is 4.27. The van der Waals surface area contributed by atoms with Gasteiger partial charge in [0.05, 0.1) is 12.6 Å². The largest absolute Gasteiger partial charge is 0.378 e. The monoisotopic (exact) mass is 335 g/mol. The van der Waals surface area contributed by atoms with Crippen LogP contribution >= 0.6 is 0 Å². The molecule has 0 unspecified atom stereocenters. The Kier molecular flexibility index (Phi) is 5.08. The van der Waals surface area contributed by atoms with Gasteiger partial charge >= 0.3 is 6.03 Å². The first-order valence-electron chi connectivity index (χ1n) is 9.03. The van der Waals surface area contributed by atoms with E-state index in [2.05, 4.69) is 22.3 Å². The number of carbonyl (C=O) groups excluding carboxylic acids is 1. The summed E-state index contributed by atoms with van der Waals surface area (Å²) in [6, 6.07) is 0.187. The van der Waals surface area contributed by atoms with Crippen LogP contribution in [0.5, 0.6) is 0 Å². The summed E-state index contributed by atoms with van der Waals surface area (Å²) < 4.78 is 7.65. The van der Waals surface area contributed by atoms with Gasteiger partial charge in [-0.15, -0.1) is 0 Å². The number of nitrogens with one attached hydrogen (secondary N) is 1. The molecule has 2 atom stereocenters. The molecule has 0 bridgehead atoms. The second kappa shape index (κ2) is 7.09. The number of rotatable bonds is 5. The summed E-state index contributed by atoms with van der Waals surface area (Å²) in [4.78, 5) is 18.4. The summed E-state index contributed by atoms with van der Waals surface area (Å²) in [5.41, 5.74) is 0.148. The highest BCUT2D eigenvalue weighted by Gasteiger charge is 2.56. The molecule has 1 aromatic heterocycles. The topological polar surface area (TPSA) is 72.3 Å². The normalized spacial score (nSPS) is 25.3. The standard InChI is InChI=1S/C17H29N5O2/c1-4-24-14-10-13(17(14)8-6-5-7-9-17)20-16(23)21(2)11-15-18-12-19-22(15)3/h12-14H,4-11H2,1-3H3,(H,20,23)/t13-,14-/m1/s1. The lowest BCUT2D eigenvalue weighted by Crippen LogP contribution is -2.66. The molecule has 0 aromatic carbocycles. The van der Waals surface area contributed by atoms with Gasteiger partial charge in [0, 0.05) is 32.2 Å². The maximum Gasteiger partial charge on any atom is 0.317 e. The molecule has 0 saturated heterocycles. The molecule has 7 nitrogen and oxygen atoms in total. The first-order chi connectivity index (χ1) is 11.6. The van der Waals surface area contributed by atoms with E-state index in [1.165, 1.54) is 25.6 Å². The molecule has 1 N–H and O–H groups in total. The van der Waals surface area contributed by atoms with Crippen molar-refractivity contribution in [1.82, 2.24) is 25.0 Å². The minimum absolute atomic E-state index is 0.0390. The van der Waals surface area contributed by atoms with E-state index in [1.807, 2.05) is 7.05 Å². The second-order valence-electron chi connectivity index (χ2n) is 7.13. The van der Waals surface area contributed by atoms with Gasteiger partial charge in [-0.25, -0.2) is 9.78 Å². The van der Waals surface area contributed by atoms with Gasteiger partial charge in [0.15, 0.2) is 0 Å². The van der Waals surface area contributed by atoms with Crippen LogP contribution in [0.2, 0.25) is 0 Å². The third kappa shape index (κ3) is 3.14. The van der Waals surface area contributed by atoms with Gasteiger partial charge in [0.2, 0.25) is 0 Å². The predicted octanol–water partition coefficient (Wildman–Crippen LogP) is 2.08. The summed E-state index contributed by atoms with van der Waals surface area (Å²) in [6.45, 7) is 3.26. The van der Waals surface area contributed by atoms with Gasteiger partial charge in [0.1, 0.15) is 12.2 Å². The van der Waals surface area contributed by atoms with E-state index < -0.39 is 0 Å². The molecule has 3 rings (SSSR count). The van der Waals surface area contributed by atoms with Crippen LogP contribution in [-0.4, -0.2) is 51.5 Å². The lowest BCUT2D eigenvalue weighted by atomic mass is 9.55. The Balaban J connectivity index is 1.60. The van der Waals surface area contributed by atoms with E-state index in [1.54, 1.807) is 16.6 Å². The molecular formula is C17H29N5O2. The van der Waals surface area contributed by atoms with Crippen LogP contribution in [0.25, 0.3) is 0 Å². The molecule has 0 radical (unpaired) electrons. The number of aromatic nitrogens is 3. The van der Waals surface area contributed by atoms with Crippen molar-refractivity contribution in [3.8, 4) is 0 Å². The number of hydrogen-bond donors (Lipinski definition) is 1. The van der Waals surface area contributed by atoms with Crippen LogP contribution in [0.3, 0.4) is 0 Å². The van der Waals surface area contributed by atoms with Crippen molar-refractivity contribution < 1.29 is 9.53 Å². The van der Waals surface area contributed by atoms with Crippen LogP contribution < -0.4 is 5.32 Å². The Morgan fingerprint density at radius 3 is 2.83 bits per heavy atom.